The molecule has 62 valence electrons. The van der Waals surface area contributed by atoms with E-state index < -0.39 is 0 Å². The summed E-state index contributed by atoms with van der Waals surface area (Å²) in [6, 6.07) is 6.07. The number of aromatic nitrogens is 3. The summed E-state index contributed by atoms with van der Waals surface area (Å²) in [5, 5.41) is 9.25. The van der Waals surface area contributed by atoms with Crippen LogP contribution >= 0.6 is 15.9 Å². The Hall–Kier alpha value is -0.900. The predicted molar refractivity (Wildman–Crippen MR) is 51.1 cm³/mol. The second-order valence-corrected chi connectivity index (χ2v) is 3.21. The topological polar surface area (TPSA) is 30.7 Å². The molecule has 1 aromatic carbocycles. The summed E-state index contributed by atoms with van der Waals surface area (Å²) in [6.07, 6.45) is 0. The molecule has 0 amide bonds. The quantitative estimate of drug-likeness (QED) is 0.695. The van der Waals surface area contributed by atoms with Gasteiger partial charge in [-0.2, -0.15) is 15.0 Å². The lowest BCUT2D eigenvalue weighted by Gasteiger charge is -1.91. The molecule has 0 fully saturated rings. The van der Waals surface area contributed by atoms with Crippen molar-refractivity contribution in [3.63, 3.8) is 0 Å². The molecule has 0 N–H and O–H groups in total. The maximum atomic E-state index is 4.21. The van der Waals surface area contributed by atoms with E-state index in [9.17, 15) is 0 Å². The first kappa shape index (κ1) is 7.73. The summed E-state index contributed by atoms with van der Waals surface area (Å²) < 4.78 is 0. The molecule has 0 aliphatic heterocycles. The Morgan fingerprint density at radius 1 is 1.33 bits per heavy atom. The molecule has 0 bridgehead atoms. The molecule has 1 heterocycles. The highest BCUT2D eigenvalue weighted by Crippen LogP contribution is 2.13. The van der Waals surface area contributed by atoms with Gasteiger partial charge in [-0.1, -0.05) is 22.0 Å². The maximum absolute atomic E-state index is 4.21. The minimum atomic E-state index is 0.861. The van der Waals surface area contributed by atoms with Crippen molar-refractivity contribution in [2.75, 3.05) is 0 Å². The van der Waals surface area contributed by atoms with Crippen LogP contribution in [-0.2, 0) is 12.4 Å². The van der Waals surface area contributed by atoms with Crippen molar-refractivity contribution in [3.8, 4) is 0 Å². The van der Waals surface area contributed by atoms with Gasteiger partial charge in [0.2, 0.25) is 0 Å². The van der Waals surface area contributed by atoms with E-state index in [4.69, 9.17) is 0 Å². The molecular formula is C8H8BrN3. The van der Waals surface area contributed by atoms with Crippen molar-refractivity contribution in [1.29, 1.82) is 0 Å². The molecule has 0 saturated heterocycles. The second kappa shape index (κ2) is 2.86. The lowest BCUT2D eigenvalue weighted by molar-refractivity contribution is 0.665. The normalized spacial score (nSPS) is 10.8. The molecule has 0 atom stereocenters. The highest BCUT2D eigenvalue weighted by Gasteiger charge is 1.99. The van der Waals surface area contributed by atoms with Gasteiger partial charge in [0.05, 0.1) is 0 Å². The van der Waals surface area contributed by atoms with Gasteiger partial charge in [-0.25, -0.2) is 0 Å². The molecule has 1 aromatic heterocycles. The number of fused-ring (bicyclic) bond motifs is 1. The third-order valence-corrected chi connectivity index (χ3v) is 2.35. The molecular weight excluding hydrogens is 218 g/mol. The van der Waals surface area contributed by atoms with E-state index >= 15 is 0 Å². The average Bonchev–Trinajstić information content (AvgIpc) is 2.43. The van der Waals surface area contributed by atoms with E-state index in [0.717, 1.165) is 16.4 Å². The Morgan fingerprint density at radius 3 is 2.83 bits per heavy atom. The van der Waals surface area contributed by atoms with E-state index in [0.29, 0.717) is 0 Å². The van der Waals surface area contributed by atoms with Crippen LogP contribution in [0.15, 0.2) is 18.2 Å². The number of hydrogen-bond acceptors (Lipinski definition) is 2. The van der Waals surface area contributed by atoms with E-state index in [1.165, 1.54) is 5.56 Å². The van der Waals surface area contributed by atoms with Crippen molar-refractivity contribution in [2.45, 2.75) is 5.33 Å². The van der Waals surface area contributed by atoms with Crippen LogP contribution in [-0.4, -0.2) is 15.0 Å². The SMILES string of the molecule is Cn1nc2ccc(CBr)cc2n1. The lowest BCUT2D eigenvalue weighted by Crippen LogP contribution is -1.90. The first-order valence-corrected chi connectivity index (χ1v) is 4.77. The van der Waals surface area contributed by atoms with Crippen LogP contribution in [0.5, 0.6) is 0 Å². The fraction of sp³-hybridized carbons (Fsp3) is 0.250. The summed E-state index contributed by atoms with van der Waals surface area (Å²) in [7, 11) is 1.83. The molecule has 0 aliphatic rings. The fourth-order valence-electron chi connectivity index (χ4n) is 1.15. The number of alkyl halides is 1. The molecule has 3 nitrogen and oxygen atoms in total. The number of nitrogens with zero attached hydrogens (tertiary/aromatic N) is 3. The van der Waals surface area contributed by atoms with Crippen LogP contribution in [0.2, 0.25) is 0 Å². The monoisotopic (exact) mass is 225 g/mol. The summed E-state index contributed by atoms with van der Waals surface area (Å²) in [5.41, 5.74) is 3.12. The molecule has 0 spiro atoms. The van der Waals surface area contributed by atoms with Gasteiger partial charge >= 0.3 is 0 Å². The summed E-state index contributed by atoms with van der Waals surface area (Å²) >= 11 is 3.40. The number of hydrogen-bond donors (Lipinski definition) is 0. The minimum Gasteiger partial charge on any atom is -0.187 e. The van der Waals surface area contributed by atoms with Crippen molar-refractivity contribution >= 4 is 27.0 Å². The average molecular weight is 226 g/mol. The Labute approximate surface area is 78.5 Å². The van der Waals surface area contributed by atoms with Gasteiger partial charge in [-0.15, -0.1) is 0 Å². The largest absolute Gasteiger partial charge is 0.187 e. The lowest BCUT2D eigenvalue weighted by atomic mass is 10.2. The van der Waals surface area contributed by atoms with Crippen molar-refractivity contribution in [2.24, 2.45) is 7.05 Å². The number of benzene rings is 1. The molecule has 2 aromatic rings. The third-order valence-electron chi connectivity index (χ3n) is 1.70. The van der Waals surface area contributed by atoms with Crippen molar-refractivity contribution < 1.29 is 0 Å². The standard InChI is InChI=1S/C8H8BrN3/c1-12-10-7-3-2-6(5-9)4-8(7)11-12/h2-4H,5H2,1H3. The summed E-state index contributed by atoms with van der Waals surface area (Å²) in [6.45, 7) is 0. The number of aryl methyl sites for hydroxylation is 1. The Morgan fingerprint density at radius 2 is 2.08 bits per heavy atom. The van der Waals surface area contributed by atoms with Crippen molar-refractivity contribution in [3.05, 3.63) is 23.8 Å². The van der Waals surface area contributed by atoms with Gasteiger partial charge in [-0.3, -0.25) is 0 Å². The van der Waals surface area contributed by atoms with Gasteiger partial charge in [0.1, 0.15) is 11.0 Å². The fourth-order valence-corrected chi connectivity index (χ4v) is 1.50. The van der Waals surface area contributed by atoms with Crippen LogP contribution in [0.25, 0.3) is 11.0 Å². The van der Waals surface area contributed by atoms with Crippen LogP contribution in [0, 0.1) is 0 Å². The second-order valence-electron chi connectivity index (χ2n) is 2.65. The van der Waals surface area contributed by atoms with Gasteiger partial charge in [0.25, 0.3) is 0 Å². The number of halogens is 1. The highest BCUT2D eigenvalue weighted by atomic mass is 79.9. The van der Waals surface area contributed by atoms with Gasteiger partial charge in [-0.05, 0) is 17.7 Å². The van der Waals surface area contributed by atoms with E-state index in [1.54, 1.807) is 4.80 Å². The summed E-state index contributed by atoms with van der Waals surface area (Å²) in [5.74, 6) is 0. The van der Waals surface area contributed by atoms with Crippen LogP contribution in [0.1, 0.15) is 5.56 Å². The Bertz CT molecular complexity index is 408. The van der Waals surface area contributed by atoms with Gasteiger partial charge in [0, 0.05) is 12.4 Å². The first-order chi connectivity index (χ1) is 5.79. The zero-order valence-electron chi connectivity index (χ0n) is 6.66. The van der Waals surface area contributed by atoms with Crippen LogP contribution in [0.3, 0.4) is 0 Å². The van der Waals surface area contributed by atoms with Gasteiger partial charge < -0.3 is 0 Å². The Kier molecular flexibility index (Phi) is 1.84. The third kappa shape index (κ3) is 1.22. The Balaban J connectivity index is 2.66. The zero-order chi connectivity index (χ0) is 8.55. The van der Waals surface area contributed by atoms with Crippen LogP contribution < -0.4 is 0 Å². The molecule has 0 aliphatic carbocycles. The zero-order valence-corrected chi connectivity index (χ0v) is 8.24. The molecule has 0 unspecified atom stereocenters. The molecule has 12 heavy (non-hydrogen) atoms. The van der Waals surface area contributed by atoms with Gasteiger partial charge in [0.15, 0.2) is 0 Å². The molecule has 2 rings (SSSR count). The molecule has 4 heteroatoms. The highest BCUT2D eigenvalue weighted by molar-refractivity contribution is 9.08. The summed E-state index contributed by atoms with van der Waals surface area (Å²) in [4.78, 5) is 1.59. The van der Waals surface area contributed by atoms with Crippen molar-refractivity contribution in [1.82, 2.24) is 15.0 Å². The number of rotatable bonds is 1. The minimum absolute atomic E-state index is 0.861. The molecule has 0 radical (unpaired) electrons. The van der Waals surface area contributed by atoms with E-state index in [1.807, 2.05) is 25.2 Å². The molecule has 0 saturated carbocycles. The van der Waals surface area contributed by atoms with E-state index in [-0.39, 0.29) is 0 Å². The first-order valence-electron chi connectivity index (χ1n) is 3.65. The van der Waals surface area contributed by atoms with Crippen LogP contribution in [0.4, 0.5) is 0 Å². The smallest absolute Gasteiger partial charge is 0.113 e. The van der Waals surface area contributed by atoms with E-state index in [2.05, 4.69) is 26.1 Å². The maximum Gasteiger partial charge on any atom is 0.113 e. The predicted octanol–water partition coefficient (Wildman–Crippen LogP) is 1.86.